The molecule has 1 aliphatic carbocycles. The Labute approximate surface area is 204 Å². The molecule has 0 saturated carbocycles. The molecule has 1 saturated heterocycles. The average Bonchev–Trinajstić information content (AvgIpc) is 3.09. The lowest BCUT2D eigenvalue weighted by Crippen LogP contribution is -2.60. The van der Waals surface area contributed by atoms with E-state index in [9.17, 15) is 19.1 Å². The second-order valence-corrected chi connectivity index (χ2v) is 9.79. The molecule has 1 heterocycles. The average molecular weight is 483 g/mol. The van der Waals surface area contributed by atoms with Gasteiger partial charge >= 0.3 is 0 Å². The number of hydrogen-bond donors (Lipinski definition) is 4. The molecule has 0 spiro atoms. The number of halogens is 1. The van der Waals surface area contributed by atoms with E-state index in [0.717, 1.165) is 5.56 Å². The van der Waals surface area contributed by atoms with E-state index in [1.165, 1.54) is 17.0 Å². The van der Waals surface area contributed by atoms with E-state index in [1.54, 1.807) is 31.4 Å². The van der Waals surface area contributed by atoms with E-state index < -0.39 is 35.5 Å². The number of benzene rings is 2. The van der Waals surface area contributed by atoms with Crippen LogP contribution in [0.5, 0.6) is 0 Å². The van der Waals surface area contributed by atoms with Crippen molar-refractivity contribution >= 4 is 17.8 Å². The molecule has 2 aromatic rings. The topological polar surface area (TPSA) is 115 Å². The van der Waals surface area contributed by atoms with Crippen LogP contribution in [-0.4, -0.2) is 53.1 Å². The molecule has 1 aliphatic heterocycles. The number of aliphatic hydroxyl groups excluding tert-OH is 1. The molecule has 8 nitrogen and oxygen atoms in total. The molecule has 2 aliphatic rings. The van der Waals surface area contributed by atoms with Gasteiger partial charge in [-0.25, -0.2) is 4.39 Å². The fraction of sp³-hybridized carbons (Fsp3) is 0.423. The Bertz CT molecular complexity index is 1130. The van der Waals surface area contributed by atoms with Crippen LogP contribution in [-0.2, 0) is 16.0 Å². The number of nitrogens with one attached hydrogen (secondary N) is 3. The van der Waals surface area contributed by atoms with Crippen LogP contribution >= 0.6 is 0 Å². The van der Waals surface area contributed by atoms with E-state index >= 15 is 0 Å². The van der Waals surface area contributed by atoms with Gasteiger partial charge in [0.15, 0.2) is 5.96 Å². The Morgan fingerprint density at radius 3 is 2.83 bits per heavy atom. The molecule has 0 aromatic heterocycles. The summed E-state index contributed by atoms with van der Waals surface area (Å²) in [6, 6.07) is 9.95. The molecule has 9 heteroatoms. The molecule has 0 radical (unpaired) electrons. The Balaban J connectivity index is 1.59. The number of fused-ring (bicyclic) bond motifs is 1. The standard InChI is InChI=1S/C26H31FN4O4/c1-26(2)14-22(33)31(25(28)30-26)20(9-10-35-3)16-5-4-6-17(11-16)24(34)29-23-19-13-18(27)8-7-15(19)12-21(23)32/h4-8,11,13,20-21,23,32H,9-10,12,14H2,1-3H3,(H2,28,30)(H,29,34)/t20-,21-,23-/m1/s1. The van der Waals surface area contributed by atoms with Crippen LogP contribution in [0.25, 0.3) is 0 Å². The molecule has 35 heavy (non-hydrogen) atoms. The fourth-order valence-corrected chi connectivity index (χ4v) is 4.89. The monoisotopic (exact) mass is 482 g/mol. The van der Waals surface area contributed by atoms with Crippen molar-refractivity contribution in [2.75, 3.05) is 13.7 Å². The Kier molecular flexibility index (Phi) is 6.91. The lowest BCUT2D eigenvalue weighted by atomic mass is 9.93. The molecule has 4 N–H and O–H groups in total. The predicted octanol–water partition coefficient (Wildman–Crippen LogP) is 2.83. The van der Waals surface area contributed by atoms with Gasteiger partial charge in [0.05, 0.1) is 18.2 Å². The Morgan fingerprint density at radius 1 is 1.34 bits per heavy atom. The fourth-order valence-electron chi connectivity index (χ4n) is 4.89. The Hall–Kier alpha value is -3.30. The molecular formula is C26H31FN4O4. The third-order valence-electron chi connectivity index (χ3n) is 6.54. The van der Waals surface area contributed by atoms with Crippen LogP contribution in [0.3, 0.4) is 0 Å². The summed E-state index contributed by atoms with van der Waals surface area (Å²) < 4.78 is 19.0. The first-order chi connectivity index (χ1) is 16.6. The zero-order valence-corrected chi connectivity index (χ0v) is 20.1. The number of rotatable bonds is 7. The van der Waals surface area contributed by atoms with Gasteiger partial charge in [-0.2, -0.15) is 0 Å². The van der Waals surface area contributed by atoms with E-state index in [0.29, 0.717) is 36.1 Å². The van der Waals surface area contributed by atoms with Crippen molar-refractivity contribution in [1.82, 2.24) is 15.5 Å². The van der Waals surface area contributed by atoms with Gasteiger partial charge in [0, 0.05) is 37.7 Å². The summed E-state index contributed by atoms with van der Waals surface area (Å²) in [5.74, 6) is -1.01. The summed E-state index contributed by atoms with van der Waals surface area (Å²) in [5, 5.41) is 24.8. The van der Waals surface area contributed by atoms with Gasteiger partial charge in [-0.15, -0.1) is 0 Å². The minimum absolute atomic E-state index is 0.00918. The van der Waals surface area contributed by atoms with E-state index in [4.69, 9.17) is 10.1 Å². The molecular weight excluding hydrogens is 451 g/mol. The second-order valence-electron chi connectivity index (χ2n) is 9.79. The highest BCUT2D eigenvalue weighted by atomic mass is 19.1. The highest BCUT2D eigenvalue weighted by molar-refractivity contribution is 5.99. The molecule has 0 unspecified atom stereocenters. The van der Waals surface area contributed by atoms with Gasteiger partial charge in [-0.1, -0.05) is 18.2 Å². The van der Waals surface area contributed by atoms with Gasteiger partial charge in [0.25, 0.3) is 5.91 Å². The van der Waals surface area contributed by atoms with E-state index in [-0.39, 0.29) is 18.3 Å². The number of nitrogens with zero attached hydrogens (tertiary/aromatic N) is 1. The SMILES string of the molecule is COCC[C@H](c1cccc(C(=O)N[C@@H]2c3cc(F)ccc3C[C@H]2O)c1)N1C(=N)NC(C)(C)CC1=O. The lowest BCUT2D eigenvalue weighted by molar-refractivity contribution is -0.132. The first-order valence-electron chi connectivity index (χ1n) is 11.6. The molecule has 4 rings (SSSR count). The number of amides is 2. The van der Waals surface area contributed by atoms with E-state index in [2.05, 4.69) is 10.6 Å². The number of carbonyl (C=O) groups is 2. The second kappa shape index (κ2) is 9.75. The highest BCUT2D eigenvalue weighted by Crippen LogP contribution is 2.33. The number of guanidine groups is 1. The first-order valence-corrected chi connectivity index (χ1v) is 11.6. The van der Waals surface area contributed by atoms with Gasteiger partial charge < -0.3 is 20.5 Å². The molecule has 0 bridgehead atoms. The summed E-state index contributed by atoms with van der Waals surface area (Å²) in [6.07, 6.45) is 0.150. The van der Waals surface area contributed by atoms with Crippen molar-refractivity contribution in [1.29, 1.82) is 5.41 Å². The Morgan fingerprint density at radius 2 is 2.11 bits per heavy atom. The first kappa shape index (κ1) is 24.8. The maximum atomic E-state index is 13.8. The van der Waals surface area contributed by atoms with Gasteiger partial charge in [-0.3, -0.25) is 19.9 Å². The summed E-state index contributed by atoms with van der Waals surface area (Å²) in [7, 11) is 1.57. The minimum atomic E-state index is -0.853. The zero-order chi connectivity index (χ0) is 25.3. The highest BCUT2D eigenvalue weighted by Gasteiger charge is 2.39. The van der Waals surface area contributed by atoms with Gasteiger partial charge in [-0.05, 0) is 61.2 Å². The van der Waals surface area contributed by atoms with Crippen LogP contribution in [0.4, 0.5) is 4.39 Å². The van der Waals surface area contributed by atoms with Crippen molar-refractivity contribution in [3.8, 4) is 0 Å². The van der Waals surface area contributed by atoms with E-state index in [1.807, 2.05) is 19.9 Å². The molecule has 3 atom stereocenters. The summed E-state index contributed by atoms with van der Waals surface area (Å²) >= 11 is 0. The maximum Gasteiger partial charge on any atom is 0.251 e. The van der Waals surface area contributed by atoms with Gasteiger partial charge in [0.1, 0.15) is 5.82 Å². The summed E-state index contributed by atoms with van der Waals surface area (Å²) in [5.41, 5.74) is 1.88. The number of carbonyl (C=O) groups excluding carboxylic acids is 2. The normalized spacial score (nSPS) is 21.9. The predicted molar refractivity (Wildman–Crippen MR) is 128 cm³/mol. The van der Waals surface area contributed by atoms with Crippen molar-refractivity contribution in [3.63, 3.8) is 0 Å². The number of ether oxygens (including phenoxy) is 1. The molecule has 1 fully saturated rings. The van der Waals surface area contributed by atoms with Gasteiger partial charge in [0.2, 0.25) is 5.91 Å². The third kappa shape index (κ3) is 5.21. The van der Waals surface area contributed by atoms with Crippen molar-refractivity contribution in [2.45, 2.75) is 56.8 Å². The molecule has 2 aromatic carbocycles. The quantitative estimate of drug-likeness (QED) is 0.485. The largest absolute Gasteiger partial charge is 0.390 e. The zero-order valence-electron chi connectivity index (χ0n) is 20.1. The third-order valence-corrected chi connectivity index (χ3v) is 6.54. The van der Waals surface area contributed by atoms with Crippen molar-refractivity contribution in [3.05, 3.63) is 70.5 Å². The molecule has 186 valence electrons. The van der Waals surface area contributed by atoms with Crippen LogP contribution in [0, 0.1) is 11.2 Å². The lowest BCUT2D eigenvalue weighted by Gasteiger charge is -2.42. The summed E-state index contributed by atoms with van der Waals surface area (Å²) in [6.45, 7) is 4.10. The number of aliphatic hydroxyl groups is 1. The smallest absolute Gasteiger partial charge is 0.251 e. The van der Waals surface area contributed by atoms with Crippen LogP contribution in [0.2, 0.25) is 0 Å². The number of hydrogen-bond acceptors (Lipinski definition) is 5. The maximum absolute atomic E-state index is 13.8. The van der Waals surface area contributed by atoms with Crippen molar-refractivity contribution < 1.29 is 23.8 Å². The summed E-state index contributed by atoms with van der Waals surface area (Å²) in [4.78, 5) is 27.6. The minimum Gasteiger partial charge on any atom is -0.390 e. The van der Waals surface area contributed by atoms with Crippen LogP contribution in [0.1, 0.15) is 65.8 Å². The number of methoxy groups -OCH3 is 1. The van der Waals surface area contributed by atoms with Crippen LogP contribution in [0.15, 0.2) is 42.5 Å². The molecule has 2 amide bonds. The van der Waals surface area contributed by atoms with Crippen LogP contribution < -0.4 is 10.6 Å². The van der Waals surface area contributed by atoms with Crippen molar-refractivity contribution in [2.24, 2.45) is 0 Å².